The molecule has 0 unspecified atom stereocenters. The molecule has 2 rings (SSSR count). The molecule has 2 aromatic carbocycles. The zero-order valence-corrected chi connectivity index (χ0v) is 17.3. The summed E-state index contributed by atoms with van der Waals surface area (Å²) in [6.45, 7) is 3.23. The number of hydrogen-bond donors (Lipinski definition) is 1. The summed E-state index contributed by atoms with van der Waals surface area (Å²) in [5.74, 6) is 0. The van der Waals surface area contributed by atoms with E-state index in [0.717, 1.165) is 0 Å². The van der Waals surface area contributed by atoms with Crippen LogP contribution in [-0.2, 0) is 12.6 Å². The second kappa shape index (κ2) is 7.35. The van der Waals surface area contributed by atoms with E-state index >= 15 is 0 Å². The van der Waals surface area contributed by atoms with Gasteiger partial charge in [0.1, 0.15) is 0 Å². The van der Waals surface area contributed by atoms with E-state index in [1.54, 1.807) is 61.6 Å². The fraction of sp³-hybridized carbons (Fsp3) is 0.200. The van der Waals surface area contributed by atoms with E-state index in [9.17, 15) is 26.4 Å². The molecule has 138 valence electrons. The first kappa shape index (κ1) is 20.4. The van der Waals surface area contributed by atoms with E-state index in [1.165, 1.54) is 6.07 Å². The monoisotopic (exact) mass is 504 g/mol. The summed E-state index contributed by atoms with van der Waals surface area (Å²) in [6, 6.07) is 14.4. The molecule has 1 N–H and O–H groups in total. The molecular formula is C15H16F3IO4SSi. The van der Waals surface area contributed by atoms with Gasteiger partial charge in [-0.1, -0.05) is 0 Å². The van der Waals surface area contributed by atoms with Crippen molar-refractivity contribution in [3.63, 3.8) is 0 Å². The third-order valence-electron chi connectivity index (χ3n) is 3.08. The van der Waals surface area contributed by atoms with Gasteiger partial charge in [0, 0.05) is 0 Å². The van der Waals surface area contributed by atoms with Crippen LogP contribution in [0.25, 0.3) is 0 Å². The molecule has 0 aliphatic rings. The Balaban J connectivity index is 2.63. The van der Waals surface area contributed by atoms with E-state index in [2.05, 4.69) is 0 Å². The molecule has 0 spiro atoms. The van der Waals surface area contributed by atoms with Crippen LogP contribution in [0, 0.1) is 7.14 Å². The summed E-state index contributed by atoms with van der Waals surface area (Å²) in [5, 5.41) is 0.474. The van der Waals surface area contributed by atoms with Crippen molar-refractivity contribution < 1.29 is 28.9 Å². The van der Waals surface area contributed by atoms with Crippen molar-refractivity contribution in [2.24, 2.45) is 0 Å². The predicted molar refractivity (Wildman–Crippen MR) is 99.7 cm³/mol. The molecule has 10 heteroatoms. The zero-order chi connectivity index (χ0) is 18.9. The molecule has 0 atom stereocenters. The minimum atomic E-state index is -5.75. The molecule has 0 aliphatic heterocycles. The molecule has 0 heterocycles. The summed E-state index contributed by atoms with van der Waals surface area (Å²) >= 11 is -3.47. The Bertz CT molecular complexity index is 836. The summed E-state index contributed by atoms with van der Waals surface area (Å²) < 4.78 is 67.2. The van der Waals surface area contributed by atoms with Crippen molar-refractivity contribution in [1.82, 2.24) is 0 Å². The van der Waals surface area contributed by atoms with E-state index < -0.39 is 44.2 Å². The van der Waals surface area contributed by atoms with Gasteiger partial charge in [0.05, 0.1) is 0 Å². The van der Waals surface area contributed by atoms with Crippen LogP contribution in [0.5, 0.6) is 0 Å². The third kappa shape index (κ3) is 4.81. The average molecular weight is 504 g/mol. The van der Waals surface area contributed by atoms with Crippen molar-refractivity contribution in [2.75, 3.05) is 0 Å². The second-order valence-corrected chi connectivity index (χ2v) is 15.6. The molecular weight excluding hydrogens is 488 g/mol. The number of halogens is 4. The minimum absolute atomic E-state index is 0.352. The summed E-state index contributed by atoms with van der Waals surface area (Å²) in [5.41, 5.74) is -5.50. The first-order valence-corrected chi connectivity index (χ1v) is 14.4. The molecule has 0 aromatic heterocycles. The maximum atomic E-state index is 12.8. The van der Waals surface area contributed by atoms with E-state index in [-0.39, 0.29) is 0 Å². The fourth-order valence-electron chi connectivity index (χ4n) is 1.94. The van der Waals surface area contributed by atoms with Gasteiger partial charge in [0.2, 0.25) is 0 Å². The van der Waals surface area contributed by atoms with Gasteiger partial charge in [-0.25, -0.2) is 0 Å². The molecule has 0 saturated heterocycles. The van der Waals surface area contributed by atoms with Crippen LogP contribution in [0.4, 0.5) is 13.2 Å². The molecule has 25 heavy (non-hydrogen) atoms. The van der Waals surface area contributed by atoms with Crippen LogP contribution in [0.2, 0.25) is 13.1 Å². The van der Waals surface area contributed by atoms with Crippen molar-refractivity contribution >= 4 is 43.9 Å². The number of alkyl halides is 3. The molecule has 0 fully saturated rings. The fourth-order valence-corrected chi connectivity index (χ4v) is 12.3. The van der Waals surface area contributed by atoms with Crippen molar-refractivity contribution in [3.8, 4) is 0 Å². The molecule has 0 amide bonds. The van der Waals surface area contributed by atoms with Crippen LogP contribution >= 0.6 is 20.2 Å². The zero-order valence-electron chi connectivity index (χ0n) is 13.3. The van der Waals surface area contributed by atoms with E-state index in [0.29, 0.717) is 12.3 Å². The standard InChI is InChI=1S/C15H16F3IO4SSi/c1-25(2,22)14-11-7-6-10-13(14)19(12-8-4-3-5-9-12)23-24(20,21)15(16,17)18/h3-11,22H,1-2H3. The Kier molecular flexibility index (Phi) is 5.98. The SMILES string of the molecule is C[Si](C)(O)c1ccccc1I(OS(=O)(=O)C(F)(F)F)c1ccccc1. The topological polar surface area (TPSA) is 63.6 Å². The van der Waals surface area contributed by atoms with E-state index in [1.807, 2.05) is 0 Å². The number of hydrogen-bond acceptors (Lipinski definition) is 4. The van der Waals surface area contributed by atoms with Gasteiger partial charge in [-0.2, -0.15) is 0 Å². The van der Waals surface area contributed by atoms with Gasteiger partial charge in [-0.3, -0.25) is 0 Å². The Morgan fingerprint density at radius 3 is 2.04 bits per heavy atom. The Morgan fingerprint density at radius 1 is 1.00 bits per heavy atom. The normalized spacial score (nSPS) is 13.6. The van der Waals surface area contributed by atoms with Gasteiger partial charge < -0.3 is 0 Å². The van der Waals surface area contributed by atoms with Gasteiger partial charge in [-0.15, -0.1) is 0 Å². The molecule has 0 bridgehead atoms. The van der Waals surface area contributed by atoms with Crippen molar-refractivity contribution in [1.29, 1.82) is 0 Å². The average Bonchev–Trinajstić information content (AvgIpc) is 2.51. The van der Waals surface area contributed by atoms with Gasteiger partial charge in [0.15, 0.2) is 0 Å². The van der Waals surface area contributed by atoms with Gasteiger partial charge in [0.25, 0.3) is 0 Å². The summed E-state index contributed by atoms with van der Waals surface area (Å²) in [6.07, 6.45) is 0. The maximum absolute atomic E-state index is 12.8. The quantitative estimate of drug-likeness (QED) is 0.385. The Morgan fingerprint density at radius 2 is 1.52 bits per heavy atom. The summed E-state index contributed by atoms with van der Waals surface area (Å²) in [7, 11) is -8.66. The van der Waals surface area contributed by atoms with Crippen molar-refractivity contribution in [2.45, 2.75) is 18.6 Å². The number of benzene rings is 2. The molecule has 4 nitrogen and oxygen atoms in total. The molecule has 0 radical (unpaired) electrons. The molecule has 0 saturated carbocycles. The van der Waals surface area contributed by atoms with Crippen LogP contribution < -0.4 is 5.19 Å². The van der Waals surface area contributed by atoms with Crippen LogP contribution in [0.1, 0.15) is 0 Å². The Labute approximate surface area is 152 Å². The molecule has 0 aliphatic carbocycles. The van der Waals surface area contributed by atoms with E-state index in [4.69, 9.17) is 2.51 Å². The third-order valence-corrected chi connectivity index (χ3v) is 12.5. The second-order valence-electron chi connectivity index (χ2n) is 5.55. The summed E-state index contributed by atoms with van der Waals surface area (Å²) in [4.78, 5) is 10.5. The first-order chi connectivity index (χ1) is 11.4. The molecule has 2 aromatic rings. The van der Waals surface area contributed by atoms with Crippen LogP contribution in [-0.4, -0.2) is 27.0 Å². The van der Waals surface area contributed by atoms with Crippen LogP contribution in [0.15, 0.2) is 54.6 Å². The number of rotatable bonds is 5. The Hall–Kier alpha value is -0.953. The van der Waals surface area contributed by atoms with Crippen LogP contribution in [0.3, 0.4) is 0 Å². The van der Waals surface area contributed by atoms with Gasteiger partial charge >= 0.3 is 153 Å². The van der Waals surface area contributed by atoms with Crippen molar-refractivity contribution in [3.05, 3.63) is 61.7 Å². The first-order valence-electron chi connectivity index (χ1n) is 7.01. The predicted octanol–water partition coefficient (Wildman–Crippen LogP) is 3.42. The van der Waals surface area contributed by atoms with Gasteiger partial charge in [-0.05, 0) is 0 Å².